The van der Waals surface area contributed by atoms with Crippen LogP contribution in [0.1, 0.15) is 18.5 Å². The highest BCUT2D eigenvalue weighted by molar-refractivity contribution is 9.10. The first kappa shape index (κ1) is 15.9. The third kappa shape index (κ3) is 4.75. The number of hydrogen-bond donors (Lipinski definition) is 2. The van der Waals surface area contributed by atoms with E-state index in [1.54, 1.807) is 12.1 Å². The van der Waals surface area contributed by atoms with E-state index >= 15 is 0 Å². The molecule has 2 rings (SSSR count). The van der Waals surface area contributed by atoms with Crippen molar-refractivity contribution in [1.82, 2.24) is 0 Å². The van der Waals surface area contributed by atoms with E-state index in [1.807, 2.05) is 43.3 Å². The van der Waals surface area contributed by atoms with E-state index in [0.29, 0.717) is 5.69 Å². The Hall–Kier alpha value is -1.53. The lowest BCUT2D eigenvalue weighted by Crippen LogP contribution is -2.13. The molecule has 0 heterocycles. The lowest BCUT2D eigenvalue weighted by Gasteiger charge is -2.19. The fourth-order valence-corrected chi connectivity index (χ4v) is 2.81. The molecule has 0 aromatic heterocycles. The van der Waals surface area contributed by atoms with Gasteiger partial charge in [-0.15, -0.1) is 0 Å². The van der Waals surface area contributed by atoms with E-state index in [9.17, 15) is 8.42 Å². The van der Waals surface area contributed by atoms with Crippen LogP contribution in [0.25, 0.3) is 0 Å². The van der Waals surface area contributed by atoms with Crippen LogP contribution >= 0.6 is 15.9 Å². The summed E-state index contributed by atoms with van der Waals surface area (Å²) in [6.07, 6.45) is 1.14. The van der Waals surface area contributed by atoms with Gasteiger partial charge in [-0.1, -0.05) is 40.2 Å². The zero-order valence-electron chi connectivity index (χ0n) is 11.8. The Morgan fingerprint density at radius 3 is 2.14 bits per heavy atom. The van der Waals surface area contributed by atoms with Crippen LogP contribution in [-0.2, 0) is 10.0 Å². The van der Waals surface area contributed by atoms with E-state index in [1.165, 1.54) is 0 Å². The minimum Gasteiger partial charge on any atom is -0.377 e. The molecule has 0 aliphatic carbocycles. The van der Waals surface area contributed by atoms with E-state index in [2.05, 4.69) is 26.0 Å². The maximum absolute atomic E-state index is 11.4. The molecule has 0 aliphatic rings. The first-order valence-electron chi connectivity index (χ1n) is 6.44. The Balaban J connectivity index is 2.21. The van der Waals surface area contributed by atoms with Crippen molar-refractivity contribution in [3.8, 4) is 0 Å². The molecule has 2 N–H and O–H groups in total. The average Bonchev–Trinajstić information content (AvgIpc) is 2.40. The minimum atomic E-state index is -3.30. The van der Waals surface area contributed by atoms with Gasteiger partial charge in [0, 0.05) is 10.5 Å². The van der Waals surface area contributed by atoms with E-state index in [-0.39, 0.29) is 6.04 Å². The van der Waals surface area contributed by atoms with Crippen molar-refractivity contribution in [3.63, 3.8) is 0 Å². The summed E-state index contributed by atoms with van der Waals surface area (Å²) in [6, 6.07) is 15.3. The molecular weight excluding hydrogens is 352 g/mol. The fraction of sp³-hybridized carbons (Fsp3) is 0.200. The molecular formula is C15H17BrN2O2S. The zero-order valence-corrected chi connectivity index (χ0v) is 14.2. The highest BCUT2D eigenvalue weighted by atomic mass is 79.9. The van der Waals surface area contributed by atoms with Gasteiger partial charge in [0.2, 0.25) is 10.0 Å². The average molecular weight is 369 g/mol. The van der Waals surface area contributed by atoms with Gasteiger partial charge in [0.05, 0.1) is 17.6 Å². The molecule has 0 bridgehead atoms. The van der Waals surface area contributed by atoms with Crippen LogP contribution in [0.3, 0.4) is 0 Å². The van der Waals surface area contributed by atoms with E-state index < -0.39 is 10.0 Å². The smallest absolute Gasteiger partial charge is 0.229 e. The van der Waals surface area contributed by atoms with Crippen LogP contribution in [0.4, 0.5) is 11.4 Å². The minimum absolute atomic E-state index is 0.0561. The van der Waals surface area contributed by atoms with Crippen LogP contribution in [0.15, 0.2) is 53.0 Å². The predicted octanol–water partition coefficient (Wildman–Crippen LogP) is 3.99. The largest absolute Gasteiger partial charge is 0.377 e. The predicted molar refractivity (Wildman–Crippen MR) is 91.1 cm³/mol. The van der Waals surface area contributed by atoms with Gasteiger partial charge in [0.15, 0.2) is 0 Å². The van der Waals surface area contributed by atoms with Gasteiger partial charge in [-0.3, -0.25) is 4.72 Å². The van der Waals surface area contributed by atoms with E-state index in [4.69, 9.17) is 0 Å². The molecule has 6 heteroatoms. The molecule has 0 radical (unpaired) electrons. The lowest BCUT2D eigenvalue weighted by atomic mass is 10.1. The molecule has 0 fully saturated rings. The summed E-state index contributed by atoms with van der Waals surface area (Å²) in [4.78, 5) is 0. The van der Waals surface area contributed by atoms with E-state index in [0.717, 1.165) is 22.0 Å². The SMILES string of the molecule is CC(Nc1ccccc1NS(C)(=O)=O)c1ccc(Br)cc1. The number of sulfonamides is 1. The molecule has 0 saturated heterocycles. The first-order chi connectivity index (χ1) is 9.85. The van der Waals surface area contributed by atoms with Crippen molar-refractivity contribution in [2.75, 3.05) is 16.3 Å². The van der Waals surface area contributed by atoms with Crippen molar-refractivity contribution in [1.29, 1.82) is 0 Å². The number of hydrogen-bond acceptors (Lipinski definition) is 3. The quantitative estimate of drug-likeness (QED) is 0.838. The molecule has 0 amide bonds. The van der Waals surface area contributed by atoms with Crippen LogP contribution in [0, 0.1) is 0 Å². The van der Waals surface area contributed by atoms with Crippen molar-refractivity contribution < 1.29 is 8.42 Å². The van der Waals surface area contributed by atoms with Gasteiger partial charge in [-0.25, -0.2) is 8.42 Å². The summed E-state index contributed by atoms with van der Waals surface area (Å²) >= 11 is 3.41. The lowest BCUT2D eigenvalue weighted by molar-refractivity contribution is 0.607. The zero-order chi connectivity index (χ0) is 15.5. The molecule has 2 aromatic carbocycles. The summed E-state index contributed by atoms with van der Waals surface area (Å²) in [6.45, 7) is 2.03. The highest BCUT2D eigenvalue weighted by Gasteiger charge is 2.10. The van der Waals surface area contributed by atoms with Crippen LogP contribution < -0.4 is 10.0 Å². The van der Waals surface area contributed by atoms with Crippen molar-refractivity contribution in [3.05, 3.63) is 58.6 Å². The molecule has 112 valence electrons. The second-order valence-corrected chi connectivity index (χ2v) is 7.50. The van der Waals surface area contributed by atoms with Crippen molar-refractivity contribution in [2.24, 2.45) is 0 Å². The number of nitrogens with one attached hydrogen (secondary N) is 2. The number of rotatable bonds is 5. The maximum Gasteiger partial charge on any atom is 0.229 e. The Morgan fingerprint density at radius 2 is 1.57 bits per heavy atom. The number of anilines is 2. The van der Waals surface area contributed by atoms with Gasteiger partial charge in [0.1, 0.15) is 0 Å². The fourth-order valence-electron chi connectivity index (χ4n) is 1.97. The van der Waals surface area contributed by atoms with Crippen LogP contribution in [0.2, 0.25) is 0 Å². The summed E-state index contributed by atoms with van der Waals surface area (Å²) in [5, 5.41) is 3.33. The van der Waals surface area contributed by atoms with Gasteiger partial charge < -0.3 is 5.32 Å². The number of benzene rings is 2. The second kappa shape index (κ2) is 6.49. The van der Waals surface area contributed by atoms with Crippen molar-refractivity contribution >= 4 is 37.3 Å². The standard InChI is InChI=1S/C15H17BrN2O2S/c1-11(12-7-9-13(16)10-8-12)17-14-5-3-4-6-15(14)18-21(2,19)20/h3-11,17-18H,1-2H3. The molecule has 1 atom stereocenters. The summed E-state index contributed by atoms with van der Waals surface area (Å²) in [5.41, 5.74) is 2.41. The summed E-state index contributed by atoms with van der Waals surface area (Å²) < 4.78 is 26.3. The Kier molecular flexibility index (Phi) is 4.90. The van der Waals surface area contributed by atoms with Gasteiger partial charge in [-0.2, -0.15) is 0 Å². The number of halogens is 1. The third-order valence-corrected chi connectivity index (χ3v) is 4.08. The Bertz CT molecular complexity index is 715. The second-order valence-electron chi connectivity index (χ2n) is 4.84. The Morgan fingerprint density at radius 1 is 1.00 bits per heavy atom. The maximum atomic E-state index is 11.4. The monoisotopic (exact) mass is 368 g/mol. The van der Waals surface area contributed by atoms with Crippen molar-refractivity contribution in [2.45, 2.75) is 13.0 Å². The first-order valence-corrected chi connectivity index (χ1v) is 9.12. The van der Waals surface area contributed by atoms with Gasteiger partial charge in [0.25, 0.3) is 0 Å². The molecule has 0 saturated carbocycles. The molecule has 1 unspecified atom stereocenters. The molecule has 2 aromatic rings. The highest BCUT2D eigenvalue weighted by Crippen LogP contribution is 2.27. The normalized spacial score (nSPS) is 12.7. The number of para-hydroxylation sites is 2. The van der Waals surface area contributed by atoms with Gasteiger partial charge >= 0.3 is 0 Å². The summed E-state index contributed by atoms with van der Waals surface area (Å²) in [5.74, 6) is 0. The summed E-state index contributed by atoms with van der Waals surface area (Å²) in [7, 11) is -3.30. The van der Waals surface area contributed by atoms with Crippen LogP contribution in [0.5, 0.6) is 0 Å². The van der Waals surface area contributed by atoms with Crippen LogP contribution in [-0.4, -0.2) is 14.7 Å². The molecule has 4 nitrogen and oxygen atoms in total. The Labute approximate surface area is 133 Å². The third-order valence-electron chi connectivity index (χ3n) is 2.96. The van der Waals surface area contributed by atoms with Gasteiger partial charge in [-0.05, 0) is 36.8 Å². The molecule has 21 heavy (non-hydrogen) atoms. The topological polar surface area (TPSA) is 58.2 Å². The molecule has 0 aliphatic heterocycles. The molecule has 0 spiro atoms.